The van der Waals surface area contributed by atoms with Crippen LogP contribution in [0.2, 0.25) is 0 Å². The van der Waals surface area contributed by atoms with Crippen LogP contribution in [0.4, 0.5) is 5.69 Å². The summed E-state index contributed by atoms with van der Waals surface area (Å²) in [6, 6.07) is 16.2. The highest BCUT2D eigenvalue weighted by Crippen LogP contribution is 2.23. The Morgan fingerprint density at radius 3 is 1.74 bits per heavy atom. The number of rotatable bonds is 5. The van der Waals surface area contributed by atoms with E-state index < -0.39 is 0 Å². The lowest BCUT2D eigenvalue weighted by Gasteiger charge is -2.16. The summed E-state index contributed by atoms with van der Waals surface area (Å²) in [5, 5.41) is 3.45. The lowest BCUT2D eigenvalue weighted by atomic mass is 10.1. The molecule has 0 aliphatic rings. The summed E-state index contributed by atoms with van der Waals surface area (Å²) in [7, 11) is 3.34. The molecule has 0 saturated carbocycles. The predicted molar refractivity (Wildman–Crippen MR) is 78.0 cm³/mol. The highest BCUT2D eigenvalue weighted by Gasteiger charge is 2.05. The maximum atomic E-state index is 5.16. The minimum atomic E-state index is 0.235. The standard InChI is InChI=1S/C16H19NO2/c1-12(13-4-8-15(18-2)9-5-13)17-14-6-10-16(19-3)11-7-14/h4-12,17H,1-3H3. The van der Waals surface area contributed by atoms with E-state index in [0.717, 1.165) is 17.2 Å². The fourth-order valence-corrected chi connectivity index (χ4v) is 1.91. The molecule has 3 nitrogen and oxygen atoms in total. The summed E-state index contributed by atoms with van der Waals surface area (Å²) < 4.78 is 10.3. The molecule has 0 radical (unpaired) electrons. The van der Waals surface area contributed by atoms with Crippen LogP contribution in [0, 0.1) is 0 Å². The molecule has 0 aliphatic heterocycles. The van der Waals surface area contributed by atoms with Crippen LogP contribution in [0.25, 0.3) is 0 Å². The summed E-state index contributed by atoms with van der Waals surface area (Å²) in [5.74, 6) is 1.74. The SMILES string of the molecule is COc1ccc(NC(C)c2ccc(OC)cc2)cc1. The molecule has 0 aliphatic carbocycles. The first-order valence-corrected chi connectivity index (χ1v) is 6.27. The molecule has 1 unspecified atom stereocenters. The van der Waals surface area contributed by atoms with Crippen LogP contribution in [0.5, 0.6) is 11.5 Å². The maximum Gasteiger partial charge on any atom is 0.119 e. The molecule has 19 heavy (non-hydrogen) atoms. The van der Waals surface area contributed by atoms with E-state index >= 15 is 0 Å². The number of methoxy groups -OCH3 is 2. The number of hydrogen-bond acceptors (Lipinski definition) is 3. The highest BCUT2D eigenvalue weighted by atomic mass is 16.5. The lowest BCUT2D eigenvalue weighted by Crippen LogP contribution is -2.06. The summed E-state index contributed by atoms with van der Waals surface area (Å²) in [4.78, 5) is 0. The molecule has 3 heteroatoms. The second-order valence-corrected chi connectivity index (χ2v) is 4.37. The molecular formula is C16H19NO2. The van der Waals surface area contributed by atoms with Crippen molar-refractivity contribution in [3.8, 4) is 11.5 Å². The Kier molecular flexibility index (Phi) is 4.29. The molecular weight excluding hydrogens is 238 g/mol. The molecule has 1 N–H and O–H groups in total. The van der Waals surface area contributed by atoms with Crippen LogP contribution in [0.1, 0.15) is 18.5 Å². The third-order valence-corrected chi connectivity index (χ3v) is 3.09. The summed E-state index contributed by atoms with van der Waals surface area (Å²) in [6.45, 7) is 2.13. The number of hydrogen-bond donors (Lipinski definition) is 1. The smallest absolute Gasteiger partial charge is 0.119 e. The first kappa shape index (κ1) is 13.3. The maximum absolute atomic E-state index is 5.16. The Labute approximate surface area is 114 Å². The van der Waals surface area contributed by atoms with E-state index in [4.69, 9.17) is 9.47 Å². The average molecular weight is 257 g/mol. The van der Waals surface area contributed by atoms with Crippen LogP contribution in [0.15, 0.2) is 48.5 Å². The van der Waals surface area contributed by atoms with Crippen molar-refractivity contribution in [2.24, 2.45) is 0 Å². The molecule has 0 bridgehead atoms. The van der Waals surface area contributed by atoms with Gasteiger partial charge in [0.1, 0.15) is 11.5 Å². The Morgan fingerprint density at radius 2 is 1.26 bits per heavy atom. The van der Waals surface area contributed by atoms with Crippen molar-refractivity contribution in [2.75, 3.05) is 19.5 Å². The molecule has 2 aromatic rings. The van der Waals surface area contributed by atoms with E-state index in [0.29, 0.717) is 0 Å². The second kappa shape index (κ2) is 6.14. The molecule has 0 saturated heterocycles. The fraction of sp³-hybridized carbons (Fsp3) is 0.250. The number of benzene rings is 2. The first-order valence-electron chi connectivity index (χ1n) is 6.27. The topological polar surface area (TPSA) is 30.5 Å². The zero-order valence-electron chi connectivity index (χ0n) is 11.5. The van der Waals surface area contributed by atoms with Crippen LogP contribution in [0.3, 0.4) is 0 Å². The highest BCUT2D eigenvalue weighted by molar-refractivity contribution is 5.48. The van der Waals surface area contributed by atoms with Crippen molar-refractivity contribution in [2.45, 2.75) is 13.0 Å². The van der Waals surface area contributed by atoms with E-state index in [9.17, 15) is 0 Å². The Balaban J connectivity index is 2.04. The van der Waals surface area contributed by atoms with Crippen molar-refractivity contribution in [3.63, 3.8) is 0 Å². The van der Waals surface area contributed by atoms with E-state index in [2.05, 4.69) is 24.4 Å². The van der Waals surface area contributed by atoms with Gasteiger partial charge in [0.25, 0.3) is 0 Å². The monoisotopic (exact) mass is 257 g/mol. The Bertz CT molecular complexity index is 505. The van der Waals surface area contributed by atoms with Crippen molar-refractivity contribution >= 4 is 5.69 Å². The van der Waals surface area contributed by atoms with Crippen molar-refractivity contribution < 1.29 is 9.47 Å². The van der Waals surface area contributed by atoms with Crippen molar-refractivity contribution in [3.05, 3.63) is 54.1 Å². The average Bonchev–Trinajstić information content (AvgIpc) is 2.48. The van der Waals surface area contributed by atoms with Gasteiger partial charge in [-0.25, -0.2) is 0 Å². The number of anilines is 1. The minimum Gasteiger partial charge on any atom is -0.497 e. The van der Waals surface area contributed by atoms with Gasteiger partial charge in [0.2, 0.25) is 0 Å². The van der Waals surface area contributed by atoms with Crippen LogP contribution in [-0.4, -0.2) is 14.2 Å². The largest absolute Gasteiger partial charge is 0.497 e. The molecule has 1 atom stereocenters. The third kappa shape index (κ3) is 3.41. The van der Waals surface area contributed by atoms with Crippen LogP contribution < -0.4 is 14.8 Å². The Morgan fingerprint density at radius 1 is 0.789 bits per heavy atom. The molecule has 0 amide bonds. The quantitative estimate of drug-likeness (QED) is 0.881. The van der Waals surface area contributed by atoms with Gasteiger partial charge in [-0.15, -0.1) is 0 Å². The predicted octanol–water partition coefficient (Wildman–Crippen LogP) is 3.88. The van der Waals surface area contributed by atoms with Crippen molar-refractivity contribution in [1.82, 2.24) is 0 Å². The molecule has 0 heterocycles. The summed E-state index contributed by atoms with van der Waals surface area (Å²) in [5.41, 5.74) is 2.29. The number of ether oxygens (including phenoxy) is 2. The van der Waals surface area contributed by atoms with Gasteiger partial charge in [-0.05, 0) is 48.9 Å². The van der Waals surface area contributed by atoms with Crippen LogP contribution in [-0.2, 0) is 0 Å². The van der Waals surface area contributed by atoms with Gasteiger partial charge in [0, 0.05) is 11.7 Å². The molecule has 0 spiro atoms. The molecule has 2 aromatic carbocycles. The summed E-state index contributed by atoms with van der Waals surface area (Å²) in [6.07, 6.45) is 0. The van der Waals surface area contributed by atoms with Gasteiger partial charge in [-0.2, -0.15) is 0 Å². The molecule has 0 fully saturated rings. The minimum absolute atomic E-state index is 0.235. The molecule has 100 valence electrons. The van der Waals surface area contributed by atoms with Gasteiger partial charge in [-0.3, -0.25) is 0 Å². The van der Waals surface area contributed by atoms with Gasteiger partial charge in [0.05, 0.1) is 14.2 Å². The number of nitrogens with one attached hydrogen (secondary N) is 1. The van der Waals surface area contributed by atoms with Gasteiger partial charge in [-0.1, -0.05) is 12.1 Å². The zero-order chi connectivity index (χ0) is 13.7. The van der Waals surface area contributed by atoms with E-state index in [-0.39, 0.29) is 6.04 Å². The third-order valence-electron chi connectivity index (χ3n) is 3.09. The van der Waals surface area contributed by atoms with Crippen LogP contribution >= 0.6 is 0 Å². The molecule has 0 aromatic heterocycles. The fourth-order valence-electron chi connectivity index (χ4n) is 1.91. The van der Waals surface area contributed by atoms with Crippen molar-refractivity contribution in [1.29, 1.82) is 0 Å². The zero-order valence-corrected chi connectivity index (χ0v) is 11.5. The van der Waals surface area contributed by atoms with E-state index in [1.54, 1.807) is 14.2 Å². The van der Waals surface area contributed by atoms with E-state index in [1.807, 2.05) is 36.4 Å². The first-order chi connectivity index (χ1) is 9.22. The van der Waals surface area contributed by atoms with E-state index in [1.165, 1.54) is 5.56 Å². The lowest BCUT2D eigenvalue weighted by molar-refractivity contribution is 0.414. The normalized spacial score (nSPS) is 11.7. The van der Waals surface area contributed by atoms with Gasteiger partial charge >= 0.3 is 0 Å². The summed E-state index contributed by atoms with van der Waals surface area (Å²) >= 11 is 0. The molecule has 2 rings (SSSR count). The Hall–Kier alpha value is -2.16. The van der Waals surface area contributed by atoms with Gasteiger partial charge < -0.3 is 14.8 Å². The second-order valence-electron chi connectivity index (χ2n) is 4.37. The van der Waals surface area contributed by atoms with Gasteiger partial charge in [0.15, 0.2) is 0 Å².